The van der Waals surface area contributed by atoms with Crippen molar-refractivity contribution in [3.8, 4) is 11.5 Å². The summed E-state index contributed by atoms with van der Waals surface area (Å²) in [5, 5.41) is 6.20. The van der Waals surface area contributed by atoms with Crippen LogP contribution in [0.2, 0.25) is 0 Å². The van der Waals surface area contributed by atoms with Gasteiger partial charge in [-0.2, -0.15) is 0 Å². The monoisotopic (exact) mass is 392 g/mol. The molecule has 0 bridgehead atoms. The number of benzene rings is 2. The zero-order valence-electron chi connectivity index (χ0n) is 16.4. The van der Waals surface area contributed by atoms with Crippen LogP contribution in [0.25, 0.3) is 0 Å². The highest BCUT2D eigenvalue weighted by molar-refractivity contribution is 5.91. The number of aryl methyl sites for hydroxylation is 1. The van der Waals surface area contributed by atoms with E-state index in [1.165, 1.54) is 0 Å². The smallest absolute Gasteiger partial charge is 0.262 e. The number of hydrogen-bond donors (Lipinski definition) is 2. The van der Waals surface area contributed by atoms with Gasteiger partial charge in [0.2, 0.25) is 0 Å². The predicted octanol–water partition coefficient (Wildman–Crippen LogP) is 4.19. The van der Waals surface area contributed by atoms with E-state index in [0.717, 1.165) is 29.9 Å². The number of rotatable bonds is 9. The van der Waals surface area contributed by atoms with Crippen molar-refractivity contribution >= 4 is 24.0 Å². The highest BCUT2D eigenvalue weighted by Gasteiger charge is 2.09. The molecule has 0 fully saturated rings. The van der Waals surface area contributed by atoms with Crippen molar-refractivity contribution < 1.29 is 14.3 Å². The molecule has 27 heavy (non-hydrogen) atoms. The fourth-order valence-electron chi connectivity index (χ4n) is 2.42. The van der Waals surface area contributed by atoms with Crippen molar-refractivity contribution in [2.45, 2.75) is 27.3 Å². The van der Waals surface area contributed by atoms with E-state index < -0.39 is 0 Å². The molecule has 0 saturated heterocycles. The SMILES string of the molecule is COc1cc(CNCC(C)C)ccc1OCC(=O)Nc1ccc(C)cc1.Cl. The lowest BCUT2D eigenvalue weighted by Crippen LogP contribution is -2.20. The Labute approximate surface area is 167 Å². The molecule has 0 saturated carbocycles. The Kier molecular flexibility index (Phi) is 9.68. The van der Waals surface area contributed by atoms with Gasteiger partial charge in [0.25, 0.3) is 5.91 Å². The largest absolute Gasteiger partial charge is 0.493 e. The zero-order valence-corrected chi connectivity index (χ0v) is 17.2. The first-order valence-corrected chi connectivity index (χ1v) is 8.85. The molecule has 0 atom stereocenters. The number of carbonyl (C=O) groups is 1. The summed E-state index contributed by atoms with van der Waals surface area (Å²) >= 11 is 0. The van der Waals surface area contributed by atoms with E-state index in [9.17, 15) is 4.79 Å². The van der Waals surface area contributed by atoms with Gasteiger partial charge in [-0.1, -0.05) is 37.6 Å². The van der Waals surface area contributed by atoms with Gasteiger partial charge < -0.3 is 20.1 Å². The van der Waals surface area contributed by atoms with E-state index in [-0.39, 0.29) is 24.9 Å². The molecule has 2 rings (SSSR count). The molecule has 2 aromatic rings. The van der Waals surface area contributed by atoms with Crippen molar-refractivity contribution in [3.63, 3.8) is 0 Å². The van der Waals surface area contributed by atoms with Crippen LogP contribution >= 0.6 is 12.4 Å². The lowest BCUT2D eigenvalue weighted by Gasteiger charge is -2.13. The third-order valence-corrected chi connectivity index (χ3v) is 3.80. The summed E-state index contributed by atoms with van der Waals surface area (Å²) in [7, 11) is 1.60. The van der Waals surface area contributed by atoms with Crippen LogP contribution in [0, 0.1) is 12.8 Å². The van der Waals surface area contributed by atoms with Crippen LogP contribution in [0.1, 0.15) is 25.0 Å². The van der Waals surface area contributed by atoms with E-state index in [1.54, 1.807) is 7.11 Å². The van der Waals surface area contributed by atoms with Gasteiger partial charge in [-0.3, -0.25) is 4.79 Å². The van der Waals surface area contributed by atoms with E-state index in [4.69, 9.17) is 9.47 Å². The Morgan fingerprint density at radius 2 is 1.78 bits per heavy atom. The molecular weight excluding hydrogens is 364 g/mol. The molecule has 2 aromatic carbocycles. The van der Waals surface area contributed by atoms with Gasteiger partial charge >= 0.3 is 0 Å². The third kappa shape index (κ3) is 7.89. The van der Waals surface area contributed by atoms with Crippen LogP contribution in [0.3, 0.4) is 0 Å². The van der Waals surface area contributed by atoms with Crippen molar-refractivity contribution in [1.29, 1.82) is 0 Å². The minimum Gasteiger partial charge on any atom is -0.493 e. The summed E-state index contributed by atoms with van der Waals surface area (Å²) in [5.41, 5.74) is 3.01. The Morgan fingerprint density at radius 3 is 2.41 bits per heavy atom. The summed E-state index contributed by atoms with van der Waals surface area (Å²) in [6, 6.07) is 13.4. The third-order valence-electron chi connectivity index (χ3n) is 3.80. The zero-order chi connectivity index (χ0) is 18.9. The minimum atomic E-state index is -0.210. The molecule has 1 amide bonds. The predicted molar refractivity (Wildman–Crippen MR) is 112 cm³/mol. The molecule has 0 aliphatic heterocycles. The molecule has 5 nitrogen and oxygen atoms in total. The average Bonchev–Trinajstić information content (AvgIpc) is 2.62. The summed E-state index contributed by atoms with van der Waals surface area (Å²) < 4.78 is 11.0. The van der Waals surface area contributed by atoms with Gasteiger partial charge in [-0.05, 0) is 49.2 Å². The van der Waals surface area contributed by atoms with E-state index >= 15 is 0 Å². The number of halogens is 1. The summed E-state index contributed by atoms with van der Waals surface area (Å²) in [6.45, 7) is 8.00. The highest BCUT2D eigenvalue weighted by atomic mass is 35.5. The topological polar surface area (TPSA) is 59.6 Å². The second-order valence-corrected chi connectivity index (χ2v) is 6.71. The Morgan fingerprint density at radius 1 is 1.07 bits per heavy atom. The second kappa shape index (κ2) is 11.5. The molecule has 2 N–H and O–H groups in total. The fraction of sp³-hybridized carbons (Fsp3) is 0.381. The average molecular weight is 393 g/mol. The molecule has 0 aliphatic carbocycles. The first-order chi connectivity index (χ1) is 12.5. The standard InChI is InChI=1S/C21H28N2O3.ClH/c1-15(2)12-22-13-17-7-10-19(20(11-17)25-4)26-14-21(24)23-18-8-5-16(3)6-9-18;/h5-11,15,22H,12-14H2,1-4H3,(H,23,24);1H. The van der Waals surface area contributed by atoms with Gasteiger partial charge in [-0.15, -0.1) is 12.4 Å². The van der Waals surface area contributed by atoms with Gasteiger partial charge in [-0.25, -0.2) is 0 Å². The van der Waals surface area contributed by atoms with Crippen molar-refractivity contribution in [2.75, 3.05) is 25.6 Å². The molecular formula is C21H29ClN2O3. The first-order valence-electron chi connectivity index (χ1n) is 8.85. The van der Waals surface area contributed by atoms with Crippen LogP contribution in [0.15, 0.2) is 42.5 Å². The highest BCUT2D eigenvalue weighted by Crippen LogP contribution is 2.28. The molecule has 0 unspecified atom stereocenters. The van der Waals surface area contributed by atoms with Crippen LogP contribution in [0.5, 0.6) is 11.5 Å². The van der Waals surface area contributed by atoms with Crippen LogP contribution in [-0.2, 0) is 11.3 Å². The quantitative estimate of drug-likeness (QED) is 0.671. The molecule has 0 spiro atoms. The lowest BCUT2D eigenvalue weighted by atomic mass is 10.2. The number of amides is 1. The maximum absolute atomic E-state index is 12.1. The number of carbonyl (C=O) groups excluding carboxylic acids is 1. The lowest BCUT2D eigenvalue weighted by molar-refractivity contribution is -0.118. The van der Waals surface area contributed by atoms with Gasteiger partial charge in [0, 0.05) is 12.2 Å². The van der Waals surface area contributed by atoms with E-state index in [0.29, 0.717) is 17.4 Å². The van der Waals surface area contributed by atoms with E-state index in [1.807, 2.05) is 49.4 Å². The maximum atomic E-state index is 12.1. The van der Waals surface area contributed by atoms with Crippen molar-refractivity contribution in [2.24, 2.45) is 5.92 Å². The van der Waals surface area contributed by atoms with Gasteiger partial charge in [0.1, 0.15) is 0 Å². The Balaban J connectivity index is 0.00000364. The van der Waals surface area contributed by atoms with E-state index in [2.05, 4.69) is 24.5 Å². The molecule has 148 valence electrons. The Bertz CT molecular complexity index is 718. The second-order valence-electron chi connectivity index (χ2n) is 6.71. The van der Waals surface area contributed by atoms with Crippen molar-refractivity contribution in [1.82, 2.24) is 5.32 Å². The van der Waals surface area contributed by atoms with Gasteiger partial charge in [0.05, 0.1) is 7.11 Å². The van der Waals surface area contributed by atoms with Crippen molar-refractivity contribution in [3.05, 3.63) is 53.6 Å². The number of nitrogens with one attached hydrogen (secondary N) is 2. The number of hydrogen-bond acceptors (Lipinski definition) is 4. The number of methoxy groups -OCH3 is 1. The van der Waals surface area contributed by atoms with Crippen LogP contribution < -0.4 is 20.1 Å². The number of anilines is 1. The van der Waals surface area contributed by atoms with Crippen LogP contribution in [0.4, 0.5) is 5.69 Å². The van der Waals surface area contributed by atoms with Gasteiger partial charge in [0.15, 0.2) is 18.1 Å². The summed E-state index contributed by atoms with van der Waals surface area (Å²) in [4.78, 5) is 12.1. The minimum absolute atomic E-state index is 0. The molecule has 0 heterocycles. The summed E-state index contributed by atoms with van der Waals surface area (Å²) in [6.07, 6.45) is 0. The molecule has 0 aromatic heterocycles. The first kappa shape index (κ1) is 22.8. The number of ether oxygens (including phenoxy) is 2. The Hall–Kier alpha value is -2.24. The molecule has 0 radical (unpaired) electrons. The summed E-state index contributed by atoms with van der Waals surface area (Å²) in [5.74, 6) is 1.57. The fourth-order valence-corrected chi connectivity index (χ4v) is 2.42. The van der Waals surface area contributed by atoms with Crippen LogP contribution in [-0.4, -0.2) is 26.2 Å². The maximum Gasteiger partial charge on any atom is 0.262 e. The molecule has 6 heteroatoms. The normalized spacial score (nSPS) is 10.3. The molecule has 0 aliphatic rings.